The number of anilines is 2. The van der Waals surface area contributed by atoms with E-state index in [0.29, 0.717) is 10.8 Å². The van der Waals surface area contributed by atoms with Crippen molar-refractivity contribution in [1.29, 1.82) is 0 Å². The van der Waals surface area contributed by atoms with E-state index >= 15 is 0 Å². The summed E-state index contributed by atoms with van der Waals surface area (Å²) < 4.78 is 34.0. The lowest BCUT2D eigenvalue weighted by atomic mass is 10.2. The summed E-state index contributed by atoms with van der Waals surface area (Å²) in [5.41, 5.74) is 4.56. The average molecular weight is 386 g/mol. The molecule has 1 aromatic carbocycles. The van der Waals surface area contributed by atoms with Crippen molar-refractivity contribution in [3.8, 4) is 0 Å². The third-order valence-corrected chi connectivity index (χ3v) is 5.12. The van der Waals surface area contributed by atoms with Crippen LogP contribution in [-0.4, -0.2) is 60.4 Å². The fourth-order valence-electron chi connectivity index (χ4n) is 2.80. The first-order valence-corrected chi connectivity index (χ1v) is 8.62. The maximum Gasteiger partial charge on any atom is 0.415 e. The van der Waals surface area contributed by atoms with Gasteiger partial charge in [-0.3, -0.25) is 14.7 Å². The molecule has 2 atom stereocenters. The number of ether oxygens (including phenoxy) is 1. The van der Waals surface area contributed by atoms with Gasteiger partial charge in [-0.1, -0.05) is 0 Å². The number of nitrogens with zero attached hydrogens (tertiary/aromatic N) is 3. The number of aliphatic hydroxyl groups excluding tert-OH is 1. The van der Waals surface area contributed by atoms with E-state index in [2.05, 4.69) is 4.99 Å². The second-order valence-electron chi connectivity index (χ2n) is 5.62. The number of hydrogen-bond acceptors (Lipinski definition) is 7. The maximum atomic E-state index is 14.6. The molecule has 11 heteroatoms. The van der Waals surface area contributed by atoms with E-state index in [4.69, 9.17) is 10.5 Å². The van der Waals surface area contributed by atoms with Crippen LogP contribution in [0.4, 0.5) is 25.0 Å². The van der Waals surface area contributed by atoms with Gasteiger partial charge in [-0.25, -0.2) is 13.6 Å². The van der Waals surface area contributed by atoms with Gasteiger partial charge in [0.15, 0.2) is 24.0 Å². The summed E-state index contributed by atoms with van der Waals surface area (Å²) in [6, 6.07) is 1.89. The first-order chi connectivity index (χ1) is 12.3. The molecule has 0 bridgehead atoms. The van der Waals surface area contributed by atoms with Crippen molar-refractivity contribution >= 4 is 40.2 Å². The molecule has 26 heavy (non-hydrogen) atoms. The minimum Gasteiger partial charge on any atom is -0.434 e. The number of thioether (sulfide) groups is 1. The third-order valence-electron chi connectivity index (χ3n) is 4.05. The van der Waals surface area contributed by atoms with E-state index in [1.807, 2.05) is 0 Å². The molecule has 2 fully saturated rings. The van der Waals surface area contributed by atoms with Gasteiger partial charge in [0.05, 0.1) is 12.2 Å². The highest BCUT2D eigenvalue weighted by Crippen LogP contribution is 2.34. The van der Waals surface area contributed by atoms with Crippen molar-refractivity contribution in [1.82, 2.24) is 0 Å². The Kier molecular flexibility index (Phi) is 5.01. The molecule has 0 spiro atoms. The fraction of sp³-hybridized carbons (Fsp3) is 0.400. The largest absolute Gasteiger partial charge is 0.434 e. The zero-order chi connectivity index (χ0) is 19.0. The number of aliphatic imine (C=N–C) groups is 1. The number of halogens is 2. The second kappa shape index (κ2) is 7.08. The molecule has 0 radical (unpaired) electrons. The number of carbonyl (C=O) groups is 2. The van der Waals surface area contributed by atoms with Crippen molar-refractivity contribution < 1.29 is 28.2 Å². The van der Waals surface area contributed by atoms with E-state index < -0.39 is 41.7 Å². The molecule has 0 aromatic heterocycles. The summed E-state index contributed by atoms with van der Waals surface area (Å²) in [5.74, 6) is -2.27. The maximum absolute atomic E-state index is 14.6. The first kappa shape index (κ1) is 18.4. The second-order valence-corrected chi connectivity index (χ2v) is 6.74. The summed E-state index contributed by atoms with van der Waals surface area (Å²) in [6.45, 7) is -0.0183. The highest BCUT2D eigenvalue weighted by Gasteiger charge is 2.37. The summed E-state index contributed by atoms with van der Waals surface area (Å²) in [5, 5.41) is 10.6. The smallest absolute Gasteiger partial charge is 0.415 e. The molecule has 2 aliphatic rings. The van der Waals surface area contributed by atoms with Crippen LogP contribution in [0.5, 0.6) is 0 Å². The lowest BCUT2D eigenvalue weighted by Gasteiger charge is -2.34. The first-order valence-electron chi connectivity index (χ1n) is 7.64. The topological polar surface area (TPSA) is 108 Å². The summed E-state index contributed by atoms with van der Waals surface area (Å²) >= 11 is 1.31. The van der Waals surface area contributed by atoms with Gasteiger partial charge < -0.3 is 20.5 Å². The quantitative estimate of drug-likeness (QED) is 0.791. The molecule has 140 valence electrons. The zero-order valence-electron chi connectivity index (χ0n) is 13.7. The molecular formula is C15H16F2N4O4S. The Morgan fingerprint density at radius 1 is 1.42 bits per heavy atom. The van der Waals surface area contributed by atoms with Gasteiger partial charge in [0.1, 0.15) is 10.7 Å². The van der Waals surface area contributed by atoms with Gasteiger partial charge in [-0.15, -0.1) is 11.8 Å². The third kappa shape index (κ3) is 3.19. The molecular weight excluding hydrogens is 370 g/mol. The Morgan fingerprint density at radius 3 is 2.62 bits per heavy atom. The SMILES string of the molecule is C/N=C1/SCCN(c2c(F)cc(N3C[C@H](C(N)=O)OC3=O)cc2F)C1O. The number of benzene rings is 1. The average Bonchev–Trinajstić information content (AvgIpc) is 2.98. The predicted octanol–water partition coefficient (Wildman–Crippen LogP) is 0.675. The molecule has 3 N–H and O–H groups in total. The van der Waals surface area contributed by atoms with Gasteiger partial charge in [0, 0.05) is 31.5 Å². The molecule has 2 heterocycles. The normalized spacial score (nSPS) is 24.9. The molecule has 2 saturated heterocycles. The number of cyclic esters (lactones) is 1. The predicted molar refractivity (Wildman–Crippen MR) is 92.3 cm³/mol. The number of rotatable bonds is 3. The number of nitrogens with two attached hydrogens (primary N) is 1. The van der Waals surface area contributed by atoms with Gasteiger partial charge >= 0.3 is 6.09 Å². The standard InChI is InChI=1S/C15H16F2N4O4S/c1-19-13-14(23)20(2-3-26-13)11-8(16)4-7(5-9(11)17)21-6-10(12(18)22)25-15(21)24/h4-5,10,14,23H,2-3,6H2,1H3,(H2,18,22)/b19-13+/t10-,14?/m1/s1. The molecule has 1 aromatic rings. The molecule has 2 amide bonds. The molecule has 2 aliphatic heterocycles. The molecule has 3 rings (SSSR count). The van der Waals surface area contributed by atoms with Crippen LogP contribution >= 0.6 is 11.8 Å². The van der Waals surface area contributed by atoms with Crippen LogP contribution in [0.3, 0.4) is 0 Å². The Morgan fingerprint density at radius 2 is 2.08 bits per heavy atom. The number of primary amides is 1. The van der Waals surface area contributed by atoms with Crippen molar-refractivity contribution in [3.63, 3.8) is 0 Å². The summed E-state index contributed by atoms with van der Waals surface area (Å²) in [4.78, 5) is 29.0. The Balaban J connectivity index is 1.92. The number of amides is 2. The minimum atomic E-state index is -1.26. The van der Waals surface area contributed by atoms with E-state index in [0.717, 1.165) is 17.0 Å². The molecule has 1 unspecified atom stereocenters. The van der Waals surface area contributed by atoms with Gasteiger partial charge in [0.2, 0.25) is 0 Å². The lowest BCUT2D eigenvalue weighted by molar-refractivity contribution is -0.124. The van der Waals surface area contributed by atoms with Crippen LogP contribution in [0, 0.1) is 11.6 Å². The highest BCUT2D eigenvalue weighted by atomic mass is 32.2. The minimum absolute atomic E-state index is 0.109. The van der Waals surface area contributed by atoms with Crippen molar-refractivity contribution in [3.05, 3.63) is 23.8 Å². The van der Waals surface area contributed by atoms with Gasteiger partial charge in [-0.2, -0.15) is 0 Å². The zero-order valence-corrected chi connectivity index (χ0v) is 14.5. The van der Waals surface area contributed by atoms with E-state index in [-0.39, 0.29) is 18.8 Å². The number of carbonyl (C=O) groups excluding carboxylic acids is 2. The molecule has 0 aliphatic carbocycles. The van der Waals surface area contributed by atoms with Crippen LogP contribution in [0.1, 0.15) is 0 Å². The van der Waals surface area contributed by atoms with Crippen molar-refractivity contribution in [2.45, 2.75) is 12.3 Å². The van der Waals surface area contributed by atoms with Crippen molar-refractivity contribution in [2.24, 2.45) is 10.7 Å². The molecule has 8 nitrogen and oxygen atoms in total. The Hall–Kier alpha value is -2.40. The van der Waals surface area contributed by atoms with Crippen LogP contribution in [0.25, 0.3) is 0 Å². The monoisotopic (exact) mass is 386 g/mol. The van der Waals surface area contributed by atoms with Crippen LogP contribution in [0.2, 0.25) is 0 Å². The van der Waals surface area contributed by atoms with Crippen molar-refractivity contribution in [2.75, 3.05) is 35.7 Å². The lowest BCUT2D eigenvalue weighted by Crippen LogP contribution is -2.46. The number of hydrogen-bond donors (Lipinski definition) is 2. The summed E-state index contributed by atoms with van der Waals surface area (Å²) in [6.07, 6.45) is -3.36. The van der Waals surface area contributed by atoms with E-state index in [1.54, 1.807) is 0 Å². The van der Waals surface area contributed by atoms with E-state index in [1.165, 1.54) is 23.7 Å². The fourth-order valence-corrected chi connectivity index (χ4v) is 3.70. The van der Waals surface area contributed by atoms with Crippen LogP contribution < -0.4 is 15.5 Å². The molecule has 0 saturated carbocycles. The summed E-state index contributed by atoms with van der Waals surface area (Å²) in [7, 11) is 1.49. The highest BCUT2D eigenvalue weighted by molar-refractivity contribution is 8.14. The van der Waals surface area contributed by atoms with Crippen LogP contribution in [0.15, 0.2) is 17.1 Å². The van der Waals surface area contributed by atoms with Gasteiger partial charge in [-0.05, 0) is 0 Å². The van der Waals surface area contributed by atoms with E-state index in [9.17, 15) is 23.5 Å². The van der Waals surface area contributed by atoms with Crippen LogP contribution in [-0.2, 0) is 9.53 Å². The van der Waals surface area contributed by atoms with Gasteiger partial charge in [0.25, 0.3) is 5.91 Å². The number of aliphatic hydroxyl groups is 1. The Labute approximate surface area is 151 Å². The Bertz CT molecular complexity index is 768.